The van der Waals surface area contributed by atoms with Gasteiger partial charge in [0, 0.05) is 37.8 Å². The Morgan fingerprint density at radius 3 is 2.32 bits per heavy atom. The second-order valence-corrected chi connectivity index (χ2v) is 7.71. The summed E-state index contributed by atoms with van der Waals surface area (Å²) < 4.78 is 1.64. The molecule has 160 valence electrons. The Morgan fingerprint density at radius 1 is 1.00 bits per heavy atom. The van der Waals surface area contributed by atoms with Gasteiger partial charge in [0.1, 0.15) is 5.82 Å². The van der Waals surface area contributed by atoms with Crippen LogP contribution >= 0.6 is 0 Å². The van der Waals surface area contributed by atoms with Crippen LogP contribution in [0, 0.1) is 0 Å². The molecular formula is C23H26N6O2. The summed E-state index contributed by atoms with van der Waals surface area (Å²) in [6.45, 7) is 3.35. The van der Waals surface area contributed by atoms with Crippen LogP contribution in [0.3, 0.4) is 0 Å². The smallest absolute Gasteiger partial charge is 0.317 e. The molecule has 4 rings (SSSR count). The van der Waals surface area contributed by atoms with Crippen molar-refractivity contribution in [3.63, 3.8) is 0 Å². The van der Waals surface area contributed by atoms with Crippen molar-refractivity contribution in [1.29, 1.82) is 0 Å². The predicted molar refractivity (Wildman–Crippen MR) is 120 cm³/mol. The van der Waals surface area contributed by atoms with E-state index in [1.807, 2.05) is 59.5 Å². The van der Waals surface area contributed by atoms with Gasteiger partial charge in [0.15, 0.2) is 0 Å². The summed E-state index contributed by atoms with van der Waals surface area (Å²) in [5.41, 5.74) is 8.70. The molecule has 1 aliphatic heterocycles. The number of carbonyl (C=O) groups is 2. The van der Waals surface area contributed by atoms with Crippen LogP contribution in [-0.4, -0.2) is 64.7 Å². The van der Waals surface area contributed by atoms with Crippen LogP contribution in [-0.2, 0) is 11.2 Å². The van der Waals surface area contributed by atoms with E-state index in [1.165, 1.54) is 0 Å². The molecule has 0 spiro atoms. The molecule has 8 heteroatoms. The maximum atomic E-state index is 12.6. The fourth-order valence-corrected chi connectivity index (χ4v) is 3.64. The molecular weight excluding hydrogens is 392 g/mol. The molecule has 8 nitrogen and oxygen atoms in total. The lowest BCUT2D eigenvalue weighted by Gasteiger charge is -2.32. The lowest BCUT2D eigenvalue weighted by molar-refractivity contribution is -0.132. The van der Waals surface area contributed by atoms with Gasteiger partial charge in [-0.3, -0.25) is 10.1 Å². The van der Waals surface area contributed by atoms with E-state index >= 15 is 0 Å². The maximum Gasteiger partial charge on any atom is 0.317 e. The Balaban J connectivity index is 1.53. The molecule has 1 fully saturated rings. The number of carbonyl (C=O) groups excluding carboxylic acids is 2. The van der Waals surface area contributed by atoms with E-state index in [4.69, 9.17) is 5.73 Å². The van der Waals surface area contributed by atoms with Crippen LogP contribution in [0.15, 0.2) is 60.7 Å². The molecule has 0 radical (unpaired) electrons. The minimum absolute atomic E-state index is 0.141. The highest BCUT2D eigenvalue weighted by atomic mass is 16.2. The minimum atomic E-state index is -0.657. The number of amides is 3. The number of nitrogens with zero attached hydrogens (tertiary/aromatic N) is 4. The third-order valence-electron chi connectivity index (χ3n) is 5.42. The van der Waals surface area contributed by atoms with Gasteiger partial charge in [-0.25, -0.2) is 9.48 Å². The molecule has 2 aromatic carbocycles. The molecule has 0 unspecified atom stereocenters. The quantitative estimate of drug-likeness (QED) is 0.665. The van der Waals surface area contributed by atoms with Gasteiger partial charge in [-0.15, -0.1) is 0 Å². The van der Waals surface area contributed by atoms with Crippen LogP contribution in [0.2, 0.25) is 0 Å². The standard InChI is InChI=1S/C23H26N6O2/c1-27-11-13-28(14-12-27)22(30)15-17-7-9-19(10-8-17)29-21(25-23(24)31)16-20(26-29)18-5-3-2-4-6-18/h2-10,16H,11-15H2,1H3,(H3,24,25,31). The molecule has 3 amide bonds. The van der Waals surface area contributed by atoms with Crippen molar-refractivity contribution in [2.24, 2.45) is 5.73 Å². The fraction of sp³-hybridized carbons (Fsp3) is 0.261. The molecule has 1 aliphatic rings. The lowest BCUT2D eigenvalue weighted by Crippen LogP contribution is -2.47. The molecule has 0 atom stereocenters. The topological polar surface area (TPSA) is 96.5 Å². The summed E-state index contributed by atoms with van der Waals surface area (Å²) in [7, 11) is 2.07. The largest absolute Gasteiger partial charge is 0.351 e. The first-order valence-electron chi connectivity index (χ1n) is 10.3. The number of likely N-dealkylation sites (N-methyl/N-ethyl adjacent to an activating group) is 1. The zero-order chi connectivity index (χ0) is 21.8. The van der Waals surface area contributed by atoms with Gasteiger partial charge >= 0.3 is 6.03 Å². The van der Waals surface area contributed by atoms with Crippen molar-refractivity contribution in [2.45, 2.75) is 6.42 Å². The zero-order valence-corrected chi connectivity index (χ0v) is 17.5. The normalized spacial score (nSPS) is 14.4. The number of hydrogen-bond donors (Lipinski definition) is 2. The first-order chi connectivity index (χ1) is 15.0. The summed E-state index contributed by atoms with van der Waals surface area (Å²) in [4.78, 5) is 28.2. The van der Waals surface area contributed by atoms with Crippen LogP contribution in [0.25, 0.3) is 16.9 Å². The predicted octanol–water partition coefficient (Wildman–Crippen LogP) is 2.35. The van der Waals surface area contributed by atoms with Gasteiger partial charge < -0.3 is 15.5 Å². The van der Waals surface area contributed by atoms with Crippen LogP contribution < -0.4 is 11.1 Å². The fourth-order valence-electron chi connectivity index (χ4n) is 3.64. The highest BCUT2D eigenvalue weighted by Gasteiger charge is 2.19. The number of aromatic nitrogens is 2. The molecule has 0 bridgehead atoms. The Morgan fingerprint density at radius 2 is 1.68 bits per heavy atom. The van der Waals surface area contributed by atoms with E-state index < -0.39 is 6.03 Å². The highest BCUT2D eigenvalue weighted by Crippen LogP contribution is 2.25. The van der Waals surface area contributed by atoms with Gasteiger partial charge in [0.25, 0.3) is 0 Å². The van der Waals surface area contributed by atoms with Gasteiger partial charge in [0.2, 0.25) is 5.91 Å². The average Bonchev–Trinajstić information content (AvgIpc) is 3.18. The van der Waals surface area contributed by atoms with E-state index in [2.05, 4.69) is 22.4 Å². The second-order valence-electron chi connectivity index (χ2n) is 7.71. The van der Waals surface area contributed by atoms with Crippen molar-refractivity contribution < 1.29 is 9.59 Å². The van der Waals surface area contributed by atoms with Crippen LogP contribution in [0.1, 0.15) is 5.56 Å². The van der Waals surface area contributed by atoms with Crippen LogP contribution in [0.4, 0.5) is 10.6 Å². The summed E-state index contributed by atoms with van der Waals surface area (Å²) >= 11 is 0. The molecule has 3 aromatic rings. The van der Waals surface area contributed by atoms with Crippen molar-refractivity contribution in [3.8, 4) is 16.9 Å². The molecule has 0 aliphatic carbocycles. The Bertz CT molecular complexity index is 1050. The third-order valence-corrected chi connectivity index (χ3v) is 5.42. The van der Waals surface area contributed by atoms with Gasteiger partial charge in [-0.05, 0) is 24.7 Å². The Labute approximate surface area is 181 Å². The van der Waals surface area contributed by atoms with Crippen molar-refractivity contribution >= 4 is 17.8 Å². The van der Waals surface area contributed by atoms with Crippen molar-refractivity contribution in [2.75, 3.05) is 38.5 Å². The lowest BCUT2D eigenvalue weighted by atomic mass is 10.1. The van der Waals surface area contributed by atoms with E-state index in [0.29, 0.717) is 12.2 Å². The van der Waals surface area contributed by atoms with E-state index in [-0.39, 0.29) is 5.91 Å². The number of rotatable bonds is 5. The first-order valence-corrected chi connectivity index (χ1v) is 10.3. The molecule has 2 heterocycles. The maximum absolute atomic E-state index is 12.6. The number of nitrogens with one attached hydrogen (secondary N) is 1. The summed E-state index contributed by atoms with van der Waals surface area (Å²) in [6, 6.07) is 18.4. The van der Waals surface area contributed by atoms with Gasteiger partial charge in [-0.2, -0.15) is 5.10 Å². The number of primary amides is 1. The second kappa shape index (κ2) is 9.01. The number of anilines is 1. The summed E-state index contributed by atoms with van der Waals surface area (Å²) in [5.74, 6) is 0.620. The number of piperazine rings is 1. The van der Waals surface area contributed by atoms with Crippen LogP contribution in [0.5, 0.6) is 0 Å². The molecule has 1 saturated heterocycles. The number of hydrogen-bond acceptors (Lipinski definition) is 4. The Kier molecular flexibility index (Phi) is 5.99. The molecule has 3 N–H and O–H groups in total. The highest BCUT2D eigenvalue weighted by molar-refractivity contribution is 5.88. The van der Waals surface area contributed by atoms with Gasteiger partial charge in [-0.1, -0.05) is 42.5 Å². The van der Waals surface area contributed by atoms with Crippen molar-refractivity contribution in [1.82, 2.24) is 19.6 Å². The molecule has 1 aromatic heterocycles. The van der Waals surface area contributed by atoms with E-state index in [1.54, 1.807) is 10.7 Å². The van der Waals surface area contributed by atoms with E-state index in [0.717, 1.165) is 48.7 Å². The number of nitrogens with two attached hydrogens (primary N) is 1. The Hall–Kier alpha value is -3.65. The number of benzene rings is 2. The monoisotopic (exact) mass is 418 g/mol. The van der Waals surface area contributed by atoms with Crippen molar-refractivity contribution in [3.05, 3.63) is 66.2 Å². The SMILES string of the molecule is CN1CCN(C(=O)Cc2ccc(-n3nc(-c4ccccc4)cc3NC(N)=O)cc2)CC1. The number of urea groups is 1. The molecule has 31 heavy (non-hydrogen) atoms. The van der Waals surface area contributed by atoms with E-state index in [9.17, 15) is 9.59 Å². The minimum Gasteiger partial charge on any atom is -0.351 e. The summed E-state index contributed by atoms with van der Waals surface area (Å²) in [5, 5.41) is 7.27. The summed E-state index contributed by atoms with van der Waals surface area (Å²) in [6.07, 6.45) is 0.366. The zero-order valence-electron chi connectivity index (χ0n) is 17.5. The third kappa shape index (κ3) is 4.92. The molecule has 0 saturated carbocycles. The first kappa shape index (κ1) is 20.6. The van der Waals surface area contributed by atoms with Gasteiger partial charge in [0.05, 0.1) is 17.8 Å². The average molecular weight is 419 g/mol.